The molecule has 0 radical (unpaired) electrons. The van der Waals surface area contributed by atoms with Gasteiger partial charge in [0.05, 0.1) is 19.6 Å². The van der Waals surface area contributed by atoms with Crippen molar-refractivity contribution in [3.05, 3.63) is 0 Å². The summed E-state index contributed by atoms with van der Waals surface area (Å²) in [5, 5.41) is 9.05. The second kappa shape index (κ2) is 6.86. The van der Waals surface area contributed by atoms with Crippen LogP contribution in [0, 0.1) is 5.92 Å². The second-order valence-corrected chi connectivity index (χ2v) is 4.58. The van der Waals surface area contributed by atoms with E-state index in [1.54, 1.807) is 0 Å². The zero-order valence-corrected chi connectivity index (χ0v) is 10.3. The molecule has 0 saturated heterocycles. The SMILES string of the molecule is COC(=O)C(C)CN(CCO)C1CCCC1. The number of aliphatic hydroxyl groups excluding tert-OH is 1. The maximum atomic E-state index is 11.4. The first-order chi connectivity index (χ1) is 7.69. The molecule has 1 aliphatic rings. The fourth-order valence-corrected chi connectivity index (χ4v) is 2.45. The first-order valence-electron chi connectivity index (χ1n) is 6.11. The molecule has 1 unspecified atom stereocenters. The van der Waals surface area contributed by atoms with E-state index in [1.807, 2.05) is 6.92 Å². The van der Waals surface area contributed by atoms with Crippen LogP contribution in [0.3, 0.4) is 0 Å². The van der Waals surface area contributed by atoms with Crippen molar-refractivity contribution in [2.75, 3.05) is 26.8 Å². The number of aliphatic hydroxyl groups is 1. The minimum Gasteiger partial charge on any atom is -0.469 e. The van der Waals surface area contributed by atoms with Crippen LogP contribution in [-0.2, 0) is 9.53 Å². The van der Waals surface area contributed by atoms with Gasteiger partial charge in [0.2, 0.25) is 0 Å². The molecule has 1 saturated carbocycles. The quantitative estimate of drug-likeness (QED) is 0.691. The van der Waals surface area contributed by atoms with Crippen molar-refractivity contribution in [2.24, 2.45) is 5.92 Å². The number of ether oxygens (including phenoxy) is 1. The molecule has 1 N–H and O–H groups in total. The highest BCUT2D eigenvalue weighted by Crippen LogP contribution is 2.24. The maximum Gasteiger partial charge on any atom is 0.309 e. The smallest absolute Gasteiger partial charge is 0.309 e. The lowest BCUT2D eigenvalue weighted by atomic mass is 10.1. The number of carbonyl (C=O) groups is 1. The van der Waals surface area contributed by atoms with Crippen LogP contribution in [-0.4, -0.2) is 48.8 Å². The minimum atomic E-state index is -0.166. The summed E-state index contributed by atoms with van der Waals surface area (Å²) < 4.78 is 4.73. The average Bonchev–Trinajstić information content (AvgIpc) is 2.80. The van der Waals surface area contributed by atoms with Gasteiger partial charge in [0.25, 0.3) is 0 Å². The van der Waals surface area contributed by atoms with E-state index in [0.717, 1.165) is 0 Å². The lowest BCUT2D eigenvalue weighted by molar-refractivity contribution is -0.145. The summed E-state index contributed by atoms with van der Waals surface area (Å²) in [6, 6.07) is 0.541. The minimum absolute atomic E-state index is 0.114. The van der Waals surface area contributed by atoms with E-state index in [1.165, 1.54) is 32.8 Å². The first kappa shape index (κ1) is 13.5. The molecule has 0 aromatic rings. The third-order valence-electron chi connectivity index (χ3n) is 3.34. The molecule has 0 bridgehead atoms. The lowest BCUT2D eigenvalue weighted by Gasteiger charge is -2.29. The number of methoxy groups -OCH3 is 1. The van der Waals surface area contributed by atoms with Gasteiger partial charge in [-0.05, 0) is 12.8 Å². The zero-order chi connectivity index (χ0) is 12.0. The summed E-state index contributed by atoms with van der Waals surface area (Å²) in [6.45, 7) is 3.39. The molecule has 0 aromatic carbocycles. The Bertz CT molecular complexity index is 214. The highest BCUT2D eigenvalue weighted by atomic mass is 16.5. The van der Waals surface area contributed by atoms with Crippen LogP contribution >= 0.6 is 0 Å². The number of rotatable bonds is 6. The van der Waals surface area contributed by atoms with Gasteiger partial charge in [0, 0.05) is 19.1 Å². The van der Waals surface area contributed by atoms with Gasteiger partial charge < -0.3 is 9.84 Å². The van der Waals surface area contributed by atoms with Crippen molar-refractivity contribution in [1.82, 2.24) is 4.90 Å². The van der Waals surface area contributed by atoms with Gasteiger partial charge in [-0.2, -0.15) is 0 Å². The van der Waals surface area contributed by atoms with Gasteiger partial charge in [-0.15, -0.1) is 0 Å². The Morgan fingerprint density at radius 1 is 1.50 bits per heavy atom. The van der Waals surface area contributed by atoms with Gasteiger partial charge in [-0.25, -0.2) is 0 Å². The third-order valence-corrected chi connectivity index (χ3v) is 3.34. The summed E-state index contributed by atoms with van der Waals surface area (Å²) >= 11 is 0. The van der Waals surface area contributed by atoms with E-state index in [-0.39, 0.29) is 18.5 Å². The molecule has 94 valence electrons. The fraction of sp³-hybridized carbons (Fsp3) is 0.917. The number of esters is 1. The molecular weight excluding hydrogens is 206 g/mol. The van der Waals surface area contributed by atoms with E-state index in [9.17, 15) is 4.79 Å². The molecule has 1 rings (SSSR count). The summed E-state index contributed by atoms with van der Waals surface area (Å²) in [4.78, 5) is 13.6. The summed E-state index contributed by atoms with van der Waals surface area (Å²) in [5.41, 5.74) is 0. The molecule has 0 spiro atoms. The van der Waals surface area contributed by atoms with Crippen molar-refractivity contribution < 1.29 is 14.6 Å². The van der Waals surface area contributed by atoms with E-state index in [4.69, 9.17) is 9.84 Å². The third kappa shape index (κ3) is 3.76. The van der Waals surface area contributed by atoms with E-state index in [0.29, 0.717) is 19.1 Å². The Morgan fingerprint density at radius 3 is 2.62 bits per heavy atom. The summed E-state index contributed by atoms with van der Waals surface area (Å²) in [6.07, 6.45) is 4.90. The van der Waals surface area contributed by atoms with Gasteiger partial charge in [-0.3, -0.25) is 9.69 Å². The fourth-order valence-electron chi connectivity index (χ4n) is 2.45. The van der Waals surface area contributed by atoms with Crippen molar-refractivity contribution in [1.29, 1.82) is 0 Å². The van der Waals surface area contributed by atoms with Crippen LogP contribution in [0.15, 0.2) is 0 Å². The standard InChI is InChI=1S/C12H23NO3/c1-10(12(15)16-2)9-13(7-8-14)11-5-3-4-6-11/h10-11,14H,3-9H2,1-2H3. The molecular formula is C12H23NO3. The van der Waals surface area contributed by atoms with Crippen molar-refractivity contribution in [3.8, 4) is 0 Å². The molecule has 0 aromatic heterocycles. The Balaban J connectivity index is 2.46. The number of hydrogen-bond donors (Lipinski definition) is 1. The molecule has 0 heterocycles. The molecule has 1 aliphatic carbocycles. The monoisotopic (exact) mass is 229 g/mol. The molecule has 1 fully saturated rings. The van der Waals surface area contributed by atoms with Crippen molar-refractivity contribution in [3.63, 3.8) is 0 Å². The summed E-state index contributed by atoms with van der Waals surface area (Å²) in [7, 11) is 1.42. The average molecular weight is 229 g/mol. The molecule has 1 atom stereocenters. The van der Waals surface area contributed by atoms with E-state index < -0.39 is 0 Å². The second-order valence-electron chi connectivity index (χ2n) is 4.58. The van der Waals surface area contributed by atoms with E-state index in [2.05, 4.69) is 4.90 Å². The van der Waals surface area contributed by atoms with Crippen LogP contribution in [0.25, 0.3) is 0 Å². The predicted molar refractivity (Wildman–Crippen MR) is 62.1 cm³/mol. The maximum absolute atomic E-state index is 11.4. The molecule has 4 heteroatoms. The predicted octanol–water partition coefficient (Wildman–Crippen LogP) is 1.03. The van der Waals surface area contributed by atoms with Crippen LogP contribution in [0.2, 0.25) is 0 Å². The van der Waals surface area contributed by atoms with Gasteiger partial charge in [0.15, 0.2) is 0 Å². The Morgan fingerprint density at radius 2 is 2.12 bits per heavy atom. The van der Waals surface area contributed by atoms with Crippen LogP contribution in [0.4, 0.5) is 0 Å². The number of carbonyl (C=O) groups excluding carboxylic acids is 1. The molecule has 4 nitrogen and oxygen atoms in total. The van der Waals surface area contributed by atoms with Crippen molar-refractivity contribution in [2.45, 2.75) is 38.6 Å². The molecule has 0 amide bonds. The number of nitrogens with zero attached hydrogens (tertiary/aromatic N) is 1. The van der Waals surface area contributed by atoms with Crippen molar-refractivity contribution >= 4 is 5.97 Å². The Kier molecular flexibility index (Phi) is 5.77. The first-order valence-corrected chi connectivity index (χ1v) is 6.11. The largest absolute Gasteiger partial charge is 0.469 e. The zero-order valence-electron chi connectivity index (χ0n) is 10.3. The Labute approximate surface area is 97.6 Å². The molecule has 0 aliphatic heterocycles. The topological polar surface area (TPSA) is 49.8 Å². The van der Waals surface area contributed by atoms with Gasteiger partial charge >= 0.3 is 5.97 Å². The highest BCUT2D eigenvalue weighted by Gasteiger charge is 2.25. The van der Waals surface area contributed by atoms with Gasteiger partial charge in [0.1, 0.15) is 0 Å². The Hall–Kier alpha value is -0.610. The normalized spacial score (nSPS) is 19.0. The van der Waals surface area contributed by atoms with Crippen LogP contribution in [0.1, 0.15) is 32.6 Å². The van der Waals surface area contributed by atoms with Gasteiger partial charge in [-0.1, -0.05) is 19.8 Å². The highest BCUT2D eigenvalue weighted by molar-refractivity contribution is 5.72. The molecule has 16 heavy (non-hydrogen) atoms. The van der Waals surface area contributed by atoms with Crippen LogP contribution in [0.5, 0.6) is 0 Å². The lowest BCUT2D eigenvalue weighted by Crippen LogP contribution is -2.40. The summed E-state index contributed by atoms with van der Waals surface area (Å²) in [5.74, 6) is -0.280. The number of hydrogen-bond acceptors (Lipinski definition) is 4. The van der Waals surface area contributed by atoms with Crippen LogP contribution < -0.4 is 0 Å². The van der Waals surface area contributed by atoms with E-state index >= 15 is 0 Å².